The highest BCUT2D eigenvalue weighted by molar-refractivity contribution is 7.97. The molecule has 28 heavy (non-hydrogen) atoms. The summed E-state index contributed by atoms with van der Waals surface area (Å²) in [5.74, 6) is 0.158. The molecule has 0 unspecified atom stereocenters. The molecule has 0 radical (unpaired) electrons. The maximum atomic E-state index is 12.5. The van der Waals surface area contributed by atoms with Gasteiger partial charge in [0.25, 0.3) is 5.91 Å². The number of aromatic nitrogens is 2. The lowest BCUT2D eigenvalue weighted by atomic mass is 9.92. The molecule has 2 aromatic rings. The SMILES string of the molecule is CNC(=O)c1cc(SNC(=O)Nc2c(C(C)C)cc(Cl)cc2C(C)C)nn1C. The van der Waals surface area contributed by atoms with Crippen LogP contribution in [-0.4, -0.2) is 28.8 Å². The summed E-state index contributed by atoms with van der Waals surface area (Å²) in [5.41, 5.74) is 3.15. The molecule has 7 nitrogen and oxygen atoms in total. The number of carbonyl (C=O) groups excluding carboxylic acids is 2. The van der Waals surface area contributed by atoms with Gasteiger partial charge in [-0.15, -0.1) is 0 Å². The monoisotopic (exact) mass is 423 g/mol. The van der Waals surface area contributed by atoms with Crippen molar-refractivity contribution in [1.29, 1.82) is 0 Å². The Morgan fingerprint density at radius 2 is 1.68 bits per heavy atom. The van der Waals surface area contributed by atoms with Crippen molar-refractivity contribution in [2.75, 3.05) is 12.4 Å². The Labute approximate surface area is 174 Å². The molecule has 0 aliphatic rings. The van der Waals surface area contributed by atoms with E-state index in [9.17, 15) is 9.59 Å². The number of hydrogen-bond donors (Lipinski definition) is 3. The van der Waals surface area contributed by atoms with Crippen LogP contribution in [0, 0.1) is 0 Å². The van der Waals surface area contributed by atoms with E-state index in [2.05, 4.69) is 48.1 Å². The number of amides is 3. The summed E-state index contributed by atoms with van der Waals surface area (Å²) in [6.07, 6.45) is 0. The molecule has 0 fully saturated rings. The number of nitrogens with one attached hydrogen (secondary N) is 3. The number of hydrogen-bond acceptors (Lipinski definition) is 4. The molecular formula is C19H26ClN5O2S. The molecule has 0 saturated heterocycles. The van der Waals surface area contributed by atoms with Gasteiger partial charge < -0.3 is 10.6 Å². The van der Waals surface area contributed by atoms with Gasteiger partial charge in [0.1, 0.15) is 10.7 Å². The number of nitrogens with zero attached hydrogens (tertiary/aromatic N) is 2. The second-order valence-electron chi connectivity index (χ2n) is 7.00. The molecule has 0 aliphatic carbocycles. The summed E-state index contributed by atoms with van der Waals surface area (Å²) >= 11 is 7.31. The fraction of sp³-hybridized carbons (Fsp3) is 0.421. The minimum absolute atomic E-state index is 0.199. The van der Waals surface area contributed by atoms with Crippen LogP contribution in [0.3, 0.4) is 0 Å². The van der Waals surface area contributed by atoms with E-state index in [1.54, 1.807) is 20.2 Å². The third-order valence-electron chi connectivity index (χ3n) is 4.21. The lowest BCUT2D eigenvalue weighted by Gasteiger charge is -2.21. The average Bonchev–Trinajstić information content (AvgIpc) is 3.00. The van der Waals surface area contributed by atoms with Crippen LogP contribution in [0.5, 0.6) is 0 Å². The van der Waals surface area contributed by atoms with Gasteiger partial charge >= 0.3 is 6.03 Å². The largest absolute Gasteiger partial charge is 0.354 e. The van der Waals surface area contributed by atoms with Crippen LogP contribution in [0.2, 0.25) is 5.02 Å². The lowest BCUT2D eigenvalue weighted by molar-refractivity contribution is 0.0953. The van der Waals surface area contributed by atoms with Crippen LogP contribution < -0.4 is 15.4 Å². The van der Waals surface area contributed by atoms with Gasteiger partial charge in [0.05, 0.1) is 0 Å². The summed E-state index contributed by atoms with van der Waals surface area (Å²) in [5, 5.41) is 10.9. The smallest absolute Gasteiger partial charge is 0.329 e. The van der Waals surface area contributed by atoms with Crippen LogP contribution in [-0.2, 0) is 7.05 Å². The molecule has 1 heterocycles. The van der Waals surface area contributed by atoms with Gasteiger partial charge in [0.2, 0.25) is 0 Å². The highest BCUT2D eigenvalue weighted by atomic mass is 35.5. The second kappa shape index (κ2) is 9.34. The summed E-state index contributed by atoms with van der Waals surface area (Å²) in [6.45, 7) is 8.23. The van der Waals surface area contributed by atoms with Crippen molar-refractivity contribution in [2.45, 2.75) is 44.6 Å². The molecule has 9 heteroatoms. The highest BCUT2D eigenvalue weighted by Crippen LogP contribution is 2.35. The lowest BCUT2D eigenvalue weighted by Crippen LogP contribution is -2.24. The Morgan fingerprint density at radius 3 is 2.18 bits per heavy atom. The van der Waals surface area contributed by atoms with Crippen molar-refractivity contribution in [3.63, 3.8) is 0 Å². The normalized spacial score (nSPS) is 11.0. The van der Waals surface area contributed by atoms with Crippen LogP contribution in [0.25, 0.3) is 0 Å². The van der Waals surface area contributed by atoms with Crippen molar-refractivity contribution in [3.8, 4) is 0 Å². The molecule has 0 bridgehead atoms. The van der Waals surface area contributed by atoms with Crippen molar-refractivity contribution < 1.29 is 9.59 Å². The molecule has 0 saturated carbocycles. The van der Waals surface area contributed by atoms with E-state index in [0.717, 1.165) is 28.8 Å². The van der Waals surface area contributed by atoms with E-state index in [-0.39, 0.29) is 23.8 Å². The topological polar surface area (TPSA) is 88.1 Å². The first-order valence-electron chi connectivity index (χ1n) is 8.97. The third kappa shape index (κ3) is 5.20. The number of carbonyl (C=O) groups is 2. The first-order valence-corrected chi connectivity index (χ1v) is 10.2. The van der Waals surface area contributed by atoms with E-state index in [0.29, 0.717) is 15.7 Å². The number of benzene rings is 1. The Balaban J connectivity index is 2.16. The average molecular weight is 424 g/mol. The third-order valence-corrected chi connectivity index (χ3v) is 5.13. The van der Waals surface area contributed by atoms with Crippen LogP contribution in [0.1, 0.15) is 61.1 Å². The van der Waals surface area contributed by atoms with Crippen LogP contribution in [0.15, 0.2) is 23.2 Å². The van der Waals surface area contributed by atoms with Gasteiger partial charge in [-0.1, -0.05) is 39.3 Å². The number of halogens is 1. The summed E-state index contributed by atoms with van der Waals surface area (Å²) in [6, 6.07) is 5.01. The van der Waals surface area contributed by atoms with Gasteiger partial charge in [0, 0.05) is 42.8 Å². The molecule has 0 aliphatic heterocycles. The van der Waals surface area contributed by atoms with Crippen molar-refractivity contribution in [2.24, 2.45) is 7.05 Å². The summed E-state index contributed by atoms with van der Waals surface area (Å²) in [4.78, 5) is 24.3. The van der Waals surface area contributed by atoms with E-state index in [1.807, 2.05) is 12.1 Å². The zero-order valence-corrected chi connectivity index (χ0v) is 18.5. The van der Waals surface area contributed by atoms with Gasteiger partial charge in [-0.05, 0) is 35.1 Å². The Morgan fingerprint density at radius 1 is 1.11 bits per heavy atom. The summed E-state index contributed by atoms with van der Waals surface area (Å²) in [7, 11) is 3.23. The number of anilines is 1. The quantitative estimate of drug-likeness (QED) is 0.596. The molecule has 2 rings (SSSR count). The first-order chi connectivity index (χ1) is 13.1. The van der Waals surface area contributed by atoms with Crippen LogP contribution in [0.4, 0.5) is 10.5 Å². The van der Waals surface area contributed by atoms with Gasteiger partial charge in [-0.25, -0.2) is 4.79 Å². The Bertz CT molecular complexity index is 850. The molecule has 152 valence electrons. The number of urea groups is 1. The predicted molar refractivity (Wildman–Crippen MR) is 114 cm³/mol. The van der Waals surface area contributed by atoms with E-state index >= 15 is 0 Å². The van der Waals surface area contributed by atoms with Gasteiger partial charge in [0.15, 0.2) is 0 Å². The van der Waals surface area contributed by atoms with E-state index in [4.69, 9.17) is 11.6 Å². The van der Waals surface area contributed by atoms with Gasteiger partial charge in [-0.3, -0.25) is 14.2 Å². The molecule has 3 N–H and O–H groups in total. The van der Waals surface area contributed by atoms with Crippen molar-refractivity contribution in [3.05, 3.63) is 40.0 Å². The first kappa shape index (κ1) is 22.1. The molecule has 1 aromatic carbocycles. The zero-order valence-electron chi connectivity index (χ0n) is 16.9. The van der Waals surface area contributed by atoms with E-state index < -0.39 is 0 Å². The molecule has 3 amide bonds. The summed E-state index contributed by atoms with van der Waals surface area (Å²) < 4.78 is 4.18. The molecule has 0 atom stereocenters. The van der Waals surface area contributed by atoms with Crippen molar-refractivity contribution >= 4 is 41.2 Å². The maximum Gasteiger partial charge on any atom is 0.329 e. The minimum atomic E-state index is -0.372. The Kier molecular flexibility index (Phi) is 7.37. The maximum absolute atomic E-state index is 12.5. The molecule has 0 spiro atoms. The molecular weight excluding hydrogens is 398 g/mol. The second-order valence-corrected chi connectivity index (χ2v) is 8.26. The fourth-order valence-electron chi connectivity index (χ4n) is 2.77. The fourth-order valence-corrected chi connectivity index (χ4v) is 3.59. The Hall–Kier alpha value is -2.19. The van der Waals surface area contributed by atoms with Gasteiger partial charge in [-0.2, -0.15) is 5.10 Å². The van der Waals surface area contributed by atoms with E-state index in [1.165, 1.54) is 4.68 Å². The minimum Gasteiger partial charge on any atom is -0.354 e. The standard InChI is InChI=1S/C19H26ClN5O2S/c1-10(2)13-7-12(20)8-14(11(3)4)17(13)22-19(27)24-28-16-9-15(18(26)21-5)25(6)23-16/h7-11H,1-6H3,(H,21,26)(H2,22,24,27). The highest BCUT2D eigenvalue weighted by Gasteiger charge is 2.18. The number of rotatable bonds is 6. The predicted octanol–water partition coefficient (Wildman–Crippen LogP) is 4.51. The zero-order chi connectivity index (χ0) is 21.0. The molecule has 1 aromatic heterocycles. The number of aryl methyl sites for hydroxylation is 1. The van der Waals surface area contributed by atoms with Crippen LogP contribution >= 0.6 is 23.5 Å². The van der Waals surface area contributed by atoms with Crippen molar-refractivity contribution in [1.82, 2.24) is 19.8 Å².